The molecule has 0 aliphatic heterocycles. The molecule has 0 unspecified atom stereocenters. The number of carbonyl (C=O) groups is 2. The highest BCUT2D eigenvalue weighted by Gasteiger charge is 2.23. The summed E-state index contributed by atoms with van der Waals surface area (Å²) in [7, 11) is -3.90. The number of aromatic nitrogens is 2. The number of rotatable bonds is 8. The van der Waals surface area contributed by atoms with Crippen molar-refractivity contribution in [2.24, 2.45) is 0 Å². The van der Waals surface area contributed by atoms with E-state index in [9.17, 15) is 18.0 Å². The van der Waals surface area contributed by atoms with Crippen LogP contribution in [0.5, 0.6) is 0 Å². The first-order chi connectivity index (χ1) is 16.0. The highest BCUT2D eigenvalue weighted by Crippen LogP contribution is 2.19. The molecule has 0 aliphatic rings. The SMILES string of the molecule is Cc1ccc(CS(=O)(=O)c2ncc(Cl)c(C(=O)NCCC(=O)Nc3ccc(C)cc3C)n2)cc1. The van der Waals surface area contributed by atoms with E-state index in [0.29, 0.717) is 11.3 Å². The Morgan fingerprint density at radius 3 is 2.35 bits per heavy atom. The average Bonchev–Trinajstić information content (AvgIpc) is 2.77. The second kappa shape index (κ2) is 10.8. The highest BCUT2D eigenvalue weighted by molar-refractivity contribution is 7.90. The van der Waals surface area contributed by atoms with Gasteiger partial charge in [-0.25, -0.2) is 18.4 Å². The minimum atomic E-state index is -3.90. The molecule has 10 heteroatoms. The fourth-order valence-corrected chi connectivity index (χ4v) is 4.55. The molecule has 0 saturated carbocycles. The van der Waals surface area contributed by atoms with Crippen LogP contribution < -0.4 is 10.6 Å². The number of nitrogens with one attached hydrogen (secondary N) is 2. The van der Waals surface area contributed by atoms with Gasteiger partial charge >= 0.3 is 0 Å². The zero-order chi connectivity index (χ0) is 24.9. The zero-order valence-electron chi connectivity index (χ0n) is 19.1. The van der Waals surface area contributed by atoms with E-state index in [1.807, 2.05) is 51.1 Å². The van der Waals surface area contributed by atoms with Crippen LogP contribution in [0.3, 0.4) is 0 Å². The highest BCUT2D eigenvalue weighted by atomic mass is 35.5. The number of anilines is 1. The van der Waals surface area contributed by atoms with Crippen molar-refractivity contribution < 1.29 is 18.0 Å². The third kappa shape index (κ3) is 6.61. The minimum absolute atomic E-state index is 0.0142. The van der Waals surface area contributed by atoms with Gasteiger partial charge in [-0.3, -0.25) is 9.59 Å². The van der Waals surface area contributed by atoms with Gasteiger partial charge in [0.1, 0.15) is 0 Å². The summed E-state index contributed by atoms with van der Waals surface area (Å²) in [4.78, 5) is 32.5. The number of sulfone groups is 1. The lowest BCUT2D eigenvalue weighted by atomic mass is 10.1. The zero-order valence-corrected chi connectivity index (χ0v) is 20.6. The number of carbonyl (C=O) groups excluding carboxylic acids is 2. The van der Waals surface area contributed by atoms with Gasteiger partial charge in [0, 0.05) is 18.7 Å². The summed E-state index contributed by atoms with van der Waals surface area (Å²) in [6.45, 7) is 5.78. The van der Waals surface area contributed by atoms with Crippen LogP contribution in [0.4, 0.5) is 5.69 Å². The predicted octanol–water partition coefficient (Wildman–Crippen LogP) is 3.79. The second-order valence-electron chi connectivity index (χ2n) is 7.97. The molecular weight excluding hydrogens is 476 g/mol. The normalized spacial score (nSPS) is 11.2. The Labute approximate surface area is 203 Å². The van der Waals surface area contributed by atoms with E-state index in [-0.39, 0.29) is 35.3 Å². The number of aryl methyl sites for hydroxylation is 3. The minimum Gasteiger partial charge on any atom is -0.350 e. The van der Waals surface area contributed by atoms with Gasteiger partial charge in [-0.15, -0.1) is 0 Å². The third-order valence-corrected chi connectivity index (χ3v) is 6.73. The van der Waals surface area contributed by atoms with Crippen molar-refractivity contribution in [1.82, 2.24) is 15.3 Å². The third-order valence-electron chi connectivity index (χ3n) is 4.99. The molecule has 0 saturated heterocycles. The fraction of sp³-hybridized carbons (Fsp3) is 0.250. The molecule has 1 aromatic heterocycles. The summed E-state index contributed by atoms with van der Waals surface area (Å²) in [5, 5.41) is 4.76. The van der Waals surface area contributed by atoms with Gasteiger partial charge in [0.15, 0.2) is 5.69 Å². The largest absolute Gasteiger partial charge is 0.350 e. The molecule has 2 amide bonds. The molecule has 3 rings (SSSR count). The molecule has 0 aliphatic carbocycles. The topological polar surface area (TPSA) is 118 Å². The lowest BCUT2D eigenvalue weighted by Crippen LogP contribution is -2.29. The molecule has 2 aromatic carbocycles. The second-order valence-corrected chi connectivity index (χ2v) is 10.3. The van der Waals surface area contributed by atoms with Gasteiger partial charge in [0.05, 0.1) is 17.0 Å². The molecule has 0 fully saturated rings. The Hall–Kier alpha value is -3.30. The van der Waals surface area contributed by atoms with E-state index in [1.54, 1.807) is 12.1 Å². The van der Waals surface area contributed by atoms with Crippen molar-refractivity contribution in [3.8, 4) is 0 Å². The summed E-state index contributed by atoms with van der Waals surface area (Å²) in [5.41, 5.74) is 4.03. The average molecular weight is 501 g/mol. The van der Waals surface area contributed by atoms with Crippen LogP contribution in [0.15, 0.2) is 53.8 Å². The van der Waals surface area contributed by atoms with Crippen LogP contribution in [0.25, 0.3) is 0 Å². The number of hydrogen-bond acceptors (Lipinski definition) is 6. The van der Waals surface area contributed by atoms with Crippen LogP contribution >= 0.6 is 11.6 Å². The van der Waals surface area contributed by atoms with E-state index in [4.69, 9.17) is 11.6 Å². The molecule has 0 radical (unpaired) electrons. The standard InChI is InChI=1S/C24H25ClN4O4S/c1-15-4-7-18(8-5-15)14-34(32,33)24-27-13-19(25)22(29-24)23(31)26-11-10-21(30)28-20-9-6-16(2)12-17(20)3/h4-9,12-13H,10-11,14H2,1-3H3,(H,26,31)(H,28,30). The van der Waals surface area contributed by atoms with Crippen molar-refractivity contribution in [1.29, 1.82) is 0 Å². The van der Waals surface area contributed by atoms with Crippen LogP contribution in [0.2, 0.25) is 5.02 Å². The number of benzene rings is 2. The summed E-state index contributed by atoms with van der Waals surface area (Å²) in [6, 6.07) is 12.7. The molecule has 178 valence electrons. The maximum Gasteiger partial charge on any atom is 0.271 e. The predicted molar refractivity (Wildman–Crippen MR) is 131 cm³/mol. The summed E-state index contributed by atoms with van der Waals surface area (Å²) >= 11 is 6.04. The first-order valence-corrected chi connectivity index (χ1v) is 12.5. The molecule has 0 spiro atoms. The van der Waals surface area contributed by atoms with Gasteiger partial charge in [-0.05, 0) is 38.0 Å². The first kappa shape index (κ1) is 25.3. The van der Waals surface area contributed by atoms with E-state index in [1.165, 1.54) is 0 Å². The van der Waals surface area contributed by atoms with Crippen molar-refractivity contribution in [2.45, 2.75) is 38.1 Å². The van der Waals surface area contributed by atoms with Gasteiger partial charge in [-0.2, -0.15) is 0 Å². The first-order valence-electron chi connectivity index (χ1n) is 10.5. The number of amides is 2. The molecule has 1 heterocycles. The van der Waals surface area contributed by atoms with E-state index < -0.39 is 20.9 Å². The lowest BCUT2D eigenvalue weighted by Gasteiger charge is -2.10. The Morgan fingerprint density at radius 2 is 1.68 bits per heavy atom. The molecule has 8 nitrogen and oxygen atoms in total. The van der Waals surface area contributed by atoms with Crippen molar-refractivity contribution in [3.05, 3.63) is 81.6 Å². The lowest BCUT2D eigenvalue weighted by molar-refractivity contribution is -0.116. The summed E-state index contributed by atoms with van der Waals surface area (Å²) < 4.78 is 25.5. The van der Waals surface area contributed by atoms with E-state index >= 15 is 0 Å². The molecule has 34 heavy (non-hydrogen) atoms. The Kier molecular flexibility index (Phi) is 8.01. The summed E-state index contributed by atoms with van der Waals surface area (Å²) in [5.74, 6) is -1.28. The van der Waals surface area contributed by atoms with Crippen LogP contribution in [0.1, 0.15) is 39.2 Å². The molecule has 0 atom stereocenters. The van der Waals surface area contributed by atoms with Crippen molar-refractivity contribution in [3.63, 3.8) is 0 Å². The van der Waals surface area contributed by atoms with Crippen molar-refractivity contribution in [2.75, 3.05) is 11.9 Å². The smallest absolute Gasteiger partial charge is 0.271 e. The number of nitrogens with zero attached hydrogens (tertiary/aromatic N) is 2. The summed E-state index contributed by atoms with van der Waals surface area (Å²) in [6.07, 6.45) is 1.10. The Balaban J connectivity index is 1.62. The quantitative estimate of drug-likeness (QED) is 0.454. The van der Waals surface area contributed by atoms with Gasteiger partial charge in [0.25, 0.3) is 5.91 Å². The molecule has 3 aromatic rings. The fourth-order valence-electron chi connectivity index (χ4n) is 3.17. The molecule has 0 bridgehead atoms. The van der Waals surface area contributed by atoms with Gasteiger partial charge in [0.2, 0.25) is 20.9 Å². The maximum atomic E-state index is 12.7. The maximum absolute atomic E-state index is 12.7. The number of hydrogen-bond donors (Lipinski definition) is 2. The van der Waals surface area contributed by atoms with E-state index in [2.05, 4.69) is 20.6 Å². The van der Waals surface area contributed by atoms with Crippen LogP contribution in [0, 0.1) is 20.8 Å². The van der Waals surface area contributed by atoms with Crippen LogP contribution in [-0.2, 0) is 20.4 Å². The molecular formula is C24H25ClN4O4S. The number of halogens is 1. The van der Waals surface area contributed by atoms with Gasteiger partial charge < -0.3 is 10.6 Å². The van der Waals surface area contributed by atoms with Gasteiger partial charge in [-0.1, -0.05) is 59.1 Å². The van der Waals surface area contributed by atoms with Crippen LogP contribution in [-0.4, -0.2) is 36.7 Å². The molecule has 2 N–H and O–H groups in total. The van der Waals surface area contributed by atoms with Crippen molar-refractivity contribution >= 4 is 38.9 Å². The Bertz CT molecular complexity index is 1330. The monoisotopic (exact) mass is 500 g/mol. The Morgan fingerprint density at radius 1 is 1.00 bits per heavy atom. The van der Waals surface area contributed by atoms with E-state index in [0.717, 1.165) is 22.9 Å².